The molecule has 2 N–H and O–H groups in total. The molecule has 1 unspecified atom stereocenters. The van der Waals surface area contributed by atoms with Crippen molar-refractivity contribution < 1.29 is 27.6 Å². The number of carbonyl (C=O) groups excluding carboxylic acids is 3. The number of halogens is 3. The zero-order chi connectivity index (χ0) is 28.8. The quantitative estimate of drug-likeness (QED) is 0.329. The van der Waals surface area contributed by atoms with Crippen LogP contribution in [0.15, 0.2) is 83.1 Å². The number of aromatic nitrogens is 5. The summed E-state index contributed by atoms with van der Waals surface area (Å²) in [5.74, 6) is -2.32. The van der Waals surface area contributed by atoms with Crippen LogP contribution in [-0.4, -0.2) is 59.5 Å². The number of carbonyl (C=O) groups is 3. The molecular weight excluding hydrogens is 563 g/mol. The molecule has 2 aliphatic heterocycles. The first-order valence-corrected chi connectivity index (χ1v) is 12.8. The Bertz CT molecular complexity index is 1620. The molecule has 2 aliphatic rings. The third-order valence-electron chi connectivity index (χ3n) is 6.29. The third kappa shape index (κ3) is 4.61. The maximum absolute atomic E-state index is 14.1. The zero-order valence-corrected chi connectivity index (χ0v) is 21.6. The number of imide groups is 1. The Labute approximate surface area is 233 Å². The van der Waals surface area contributed by atoms with Gasteiger partial charge in [0.2, 0.25) is 0 Å². The van der Waals surface area contributed by atoms with Gasteiger partial charge in [-0.3, -0.25) is 29.7 Å². The van der Waals surface area contributed by atoms with E-state index in [9.17, 15) is 27.6 Å². The van der Waals surface area contributed by atoms with Gasteiger partial charge in [-0.1, -0.05) is 41.2 Å². The number of amides is 4. The average molecular weight is 582 g/mol. The summed E-state index contributed by atoms with van der Waals surface area (Å²) in [4.78, 5) is 50.1. The molecule has 208 valence electrons. The molecule has 2 aromatic carbocycles. The number of nitrogens with zero attached hydrogens (tertiary/aromatic N) is 7. The molecule has 0 spiro atoms. The molecule has 4 aromatic rings. The Kier molecular flexibility index (Phi) is 6.33. The number of urea groups is 1. The van der Waals surface area contributed by atoms with E-state index in [4.69, 9.17) is 0 Å². The fourth-order valence-corrected chi connectivity index (χ4v) is 5.51. The van der Waals surface area contributed by atoms with E-state index in [1.807, 2.05) is 53.8 Å². The van der Waals surface area contributed by atoms with Crippen LogP contribution in [-0.2, 0) is 22.7 Å². The van der Waals surface area contributed by atoms with E-state index in [2.05, 4.69) is 20.3 Å². The van der Waals surface area contributed by atoms with Crippen LogP contribution in [0, 0.1) is 0 Å². The van der Waals surface area contributed by atoms with E-state index in [0.29, 0.717) is 16.3 Å². The number of hydrogen-bond donors (Lipinski definition) is 2. The third-order valence-corrected chi connectivity index (χ3v) is 7.42. The molecule has 2 aromatic heterocycles. The van der Waals surface area contributed by atoms with Gasteiger partial charge in [0, 0.05) is 22.2 Å². The van der Waals surface area contributed by atoms with Crippen LogP contribution in [0.5, 0.6) is 0 Å². The maximum Gasteiger partial charge on any atom is 0.440 e. The summed E-state index contributed by atoms with van der Waals surface area (Å²) in [5.41, 5.74) is -2.08. The lowest BCUT2D eigenvalue weighted by Gasteiger charge is -2.30. The second kappa shape index (κ2) is 9.88. The van der Waals surface area contributed by atoms with Crippen LogP contribution in [0.1, 0.15) is 5.69 Å². The van der Waals surface area contributed by atoms with E-state index in [-0.39, 0.29) is 24.0 Å². The van der Waals surface area contributed by atoms with Crippen molar-refractivity contribution >= 4 is 46.8 Å². The number of para-hydroxylation sites is 2. The number of hydrogen-bond acceptors (Lipinski definition) is 9. The van der Waals surface area contributed by atoms with E-state index in [1.54, 1.807) is 10.2 Å². The summed E-state index contributed by atoms with van der Waals surface area (Å²) < 4.78 is 43.6. The van der Waals surface area contributed by atoms with Crippen molar-refractivity contribution in [3.8, 4) is 0 Å². The molecule has 41 heavy (non-hydrogen) atoms. The molecule has 4 amide bonds. The summed E-state index contributed by atoms with van der Waals surface area (Å²) in [7, 11) is 0. The summed E-state index contributed by atoms with van der Waals surface area (Å²) in [6.45, 7) is -0.883. The molecule has 0 aliphatic carbocycles. The number of fused-ring (bicyclic) bond motifs is 2. The van der Waals surface area contributed by atoms with Crippen LogP contribution in [0.2, 0.25) is 0 Å². The second-order valence-electron chi connectivity index (χ2n) is 8.96. The van der Waals surface area contributed by atoms with Gasteiger partial charge in [0.15, 0.2) is 0 Å². The van der Waals surface area contributed by atoms with Crippen molar-refractivity contribution in [3.63, 3.8) is 0 Å². The van der Waals surface area contributed by atoms with E-state index < -0.39 is 30.3 Å². The Hall–Kier alpha value is -4.99. The van der Waals surface area contributed by atoms with Gasteiger partial charge in [-0.2, -0.15) is 13.2 Å². The molecule has 0 saturated carbocycles. The molecule has 1 fully saturated rings. The molecule has 0 bridgehead atoms. The van der Waals surface area contributed by atoms with Gasteiger partial charge in [-0.25, -0.2) is 14.5 Å². The first kappa shape index (κ1) is 26.2. The monoisotopic (exact) mass is 581 g/mol. The van der Waals surface area contributed by atoms with Gasteiger partial charge >= 0.3 is 12.2 Å². The molecule has 12 nitrogen and oxygen atoms in total. The Morgan fingerprint density at radius 1 is 1.02 bits per heavy atom. The highest BCUT2D eigenvalue weighted by Crippen LogP contribution is 2.48. The highest BCUT2D eigenvalue weighted by Gasteiger charge is 2.68. The minimum absolute atomic E-state index is 0.00576. The second-order valence-corrected chi connectivity index (χ2v) is 10.0. The van der Waals surface area contributed by atoms with Crippen molar-refractivity contribution in [2.45, 2.75) is 34.7 Å². The van der Waals surface area contributed by atoms with Crippen molar-refractivity contribution in [3.05, 3.63) is 79.0 Å². The van der Waals surface area contributed by atoms with Crippen LogP contribution in [0.3, 0.4) is 0 Å². The fourth-order valence-electron chi connectivity index (χ4n) is 4.46. The van der Waals surface area contributed by atoms with Crippen molar-refractivity contribution in [1.82, 2.24) is 35.2 Å². The van der Waals surface area contributed by atoms with Crippen LogP contribution in [0.25, 0.3) is 0 Å². The molecule has 1 saturated heterocycles. The van der Waals surface area contributed by atoms with Crippen LogP contribution >= 0.6 is 11.8 Å². The lowest BCUT2D eigenvalue weighted by atomic mass is 10.1. The highest BCUT2D eigenvalue weighted by molar-refractivity contribution is 7.99. The smallest absolute Gasteiger partial charge is 0.331 e. The number of nitrogens with one attached hydrogen (secondary N) is 2. The summed E-state index contributed by atoms with van der Waals surface area (Å²) >= 11 is 1.54. The van der Waals surface area contributed by atoms with Gasteiger partial charge in [-0.05, 0) is 24.3 Å². The van der Waals surface area contributed by atoms with E-state index in [0.717, 1.165) is 22.2 Å². The summed E-state index contributed by atoms with van der Waals surface area (Å²) in [5, 5.41) is 11.4. The standard InChI is InChI=1S/C25H18F3N9O3S/c26-25(27,28)24(31-20-11-29-9-10-30-20)22(39)36(23(40)32-24)13-15-12-35(34-33-15)14-21(38)37-16-5-1-3-7-18(16)41-19-8-4-2-6-17(19)37/h1-12H,13-14H2,(H,30,31)(H,32,40). The molecule has 16 heteroatoms. The normalized spacial score (nSPS) is 18.1. The number of rotatable bonds is 6. The topological polar surface area (TPSA) is 138 Å². The minimum atomic E-state index is -5.23. The lowest BCUT2D eigenvalue weighted by molar-refractivity contribution is -0.188. The molecule has 6 rings (SSSR count). The zero-order valence-electron chi connectivity index (χ0n) is 20.7. The maximum atomic E-state index is 14.1. The predicted molar refractivity (Wildman–Crippen MR) is 138 cm³/mol. The van der Waals surface area contributed by atoms with Gasteiger partial charge in [0.1, 0.15) is 18.1 Å². The molecular formula is C25H18F3N9O3S. The van der Waals surface area contributed by atoms with Gasteiger partial charge in [-0.15, -0.1) is 5.10 Å². The van der Waals surface area contributed by atoms with Crippen molar-refractivity contribution in [2.75, 3.05) is 10.2 Å². The van der Waals surface area contributed by atoms with Crippen molar-refractivity contribution in [1.29, 1.82) is 0 Å². The first-order valence-electron chi connectivity index (χ1n) is 12.0. The van der Waals surface area contributed by atoms with Crippen LogP contribution in [0.4, 0.5) is 35.2 Å². The summed E-state index contributed by atoms with van der Waals surface area (Å²) in [6, 6.07) is 13.5. The number of alkyl halides is 3. The molecule has 4 heterocycles. The van der Waals surface area contributed by atoms with E-state index in [1.165, 1.54) is 28.8 Å². The van der Waals surface area contributed by atoms with Gasteiger partial charge in [0.25, 0.3) is 17.5 Å². The number of benzene rings is 2. The SMILES string of the molecule is O=C1NC(Nc2cnccn2)(C(F)(F)F)C(=O)N1Cc1cn(CC(=O)N2c3ccccc3Sc3ccccc32)nn1. The fraction of sp³-hybridized carbons (Fsp3) is 0.160. The largest absolute Gasteiger partial charge is 0.440 e. The van der Waals surface area contributed by atoms with Gasteiger partial charge < -0.3 is 5.32 Å². The predicted octanol–water partition coefficient (Wildman–Crippen LogP) is 3.32. The minimum Gasteiger partial charge on any atom is -0.331 e. The Morgan fingerprint density at radius 2 is 1.71 bits per heavy atom. The Balaban J connectivity index is 1.21. The van der Waals surface area contributed by atoms with Crippen molar-refractivity contribution in [2.24, 2.45) is 0 Å². The molecule has 1 atom stereocenters. The van der Waals surface area contributed by atoms with Crippen LogP contribution < -0.4 is 15.5 Å². The first-order chi connectivity index (χ1) is 19.7. The van der Waals surface area contributed by atoms with Gasteiger partial charge in [0.05, 0.1) is 30.3 Å². The number of anilines is 3. The van der Waals surface area contributed by atoms with E-state index >= 15 is 0 Å². The lowest BCUT2D eigenvalue weighted by Crippen LogP contribution is -2.64. The Morgan fingerprint density at radius 3 is 2.34 bits per heavy atom. The summed E-state index contributed by atoms with van der Waals surface area (Å²) in [6.07, 6.45) is -0.586. The highest BCUT2D eigenvalue weighted by atomic mass is 32.2. The molecule has 0 radical (unpaired) electrons. The average Bonchev–Trinajstić information content (AvgIpc) is 3.49.